The fourth-order valence-corrected chi connectivity index (χ4v) is 4.15. The minimum Gasteiger partial charge on any atom is -0.337 e. The summed E-state index contributed by atoms with van der Waals surface area (Å²) in [5.74, 6) is 2.07. The number of amides is 1. The van der Waals surface area contributed by atoms with E-state index in [0.717, 1.165) is 48.8 Å². The molecule has 2 aromatic heterocycles. The highest BCUT2D eigenvalue weighted by Crippen LogP contribution is 2.39. The number of aryl methyl sites for hydroxylation is 1. The average molecular weight is 375 g/mol. The maximum absolute atomic E-state index is 12.8. The number of carbonyl (C=O) groups excluding carboxylic acids is 1. The minimum atomic E-state index is 0.0521. The van der Waals surface area contributed by atoms with Crippen LogP contribution >= 0.6 is 0 Å². The second-order valence-corrected chi connectivity index (χ2v) is 8.09. The van der Waals surface area contributed by atoms with Gasteiger partial charge in [0.25, 0.3) is 5.91 Å². The van der Waals surface area contributed by atoms with Crippen LogP contribution < -0.4 is 0 Å². The number of likely N-dealkylation sites (tertiary alicyclic amines) is 1. The second kappa shape index (κ2) is 6.93. The van der Waals surface area contributed by atoms with Crippen molar-refractivity contribution in [1.82, 2.24) is 24.6 Å². The molecule has 1 aromatic carbocycles. The molecule has 5 rings (SSSR count). The van der Waals surface area contributed by atoms with Gasteiger partial charge in [-0.25, -0.2) is 4.98 Å². The van der Waals surface area contributed by atoms with E-state index in [1.165, 1.54) is 12.8 Å². The highest BCUT2D eigenvalue weighted by molar-refractivity contribution is 5.92. The number of carbonyl (C=O) groups is 1. The number of hydrogen-bond donors (Lipinski definition) is 1. The zero-order chi connectivity index (χ0) is 19.1. The van der Waals surface area contributed by atoms with E-state index in [4.69, 9.17) is 0 Å². The molecule has 1 aliphatic heterocycles. The molecule has 0 bridgehead atoms. The van der Waals surface area contributed by atoms with Crippen molar-refractivity contribution in [3.05, 3.63) is 59.7 Å². The normalized spacial score (nSPS) is 19.3. The number of hydrogen-bond acceptors (Lipinski definition) is 3. The van der Waals surface area contributed by atoms with Crippen LogP contribution in [0.15, 0.2) is 42.6 Å². The van der Waals surface area contributed by atoms with Crippen LogP contribution in [0.2, 0.25) is 0 Å². The first kappa shape index (κ1) is 17.2. The molecule has 1 amide bonds. The first-order valence-corrected chi connectivity index (χ1v) is 10.1. The van der Waals surface area contributed by atoms with E-state index < -0.39 is 0 Å². The number of H-pyrrole nitrogens is 1. The highest BCUT2D eigenvalue weighted by Gasteiger charge is 2.31. The van der Waals surface area contributed by atoms with Gasteiger partial charge in [0.2, 0.25) is 0 Å². The molecule has 6 nitrogen and oxygen atoms in total. The molecule has 28 heavy (non-hydrogen) atoms. The lowest BCUT2D eigenvalue weighted by molar-refractivity contribution is 0.0780. The van der Waals surface area contributed by atoms with E-state index >= 15 is 0 Å². The third-order valence-corrected chi connectivity index (χ3v) is 5.93. The van der Waals surface area contributed by atoms with Crippen LogP contribution in [0.1, 0.15) is 47.1 Å². The quantitative estimate of drug-likeness (QED) is 0.741. The Hall–Kier alpha value is -2.89. The lowest BCUT2D eigenvalue weighted by Crippen LogP contribution is -2.29. The fourth-order valence-electron chi connectivity index (χ4n) is 4.15. The van der Waals surface area contributed by atoms with Crippen molar-refractivity contribution in [3.63, 3.8) is 0 Å². The van der Waals surface area contributed by atoms with Gasteiger partial charge >= 0.3 is 0 Å². The van der Waals surface area contributed by atoms with Gasteiger partial charge in [-0.15, -0.1) is 0 Å². The van der Waals surface area contributed by atoms with E-state index in [0.29, 0.717) is 17.5 Å². The zero-order valence-corrected chi connectivity index (χ0v) is 16.1. The summed E-state index contributed by atoms with van der Waals surface area (Å²) in [6.07, 6.45) is 5.35. The number of nitrogens with zero attached hydrogens (tertiary/aromatic N) is 4. The SMILES string of the molecule is Cc1cnc(-c2ccccc2)n1CC1CCN(C(=O)c2cc(C3CC3)[nH]n2)C1. The zero-order valence-electron chi connectivity index (χ0n) is 16.1. The maximum Gasteiger partial charge on any atom is 0.274 e. The van der Waals surface area contributed by atoms with Gasteiger partial charge in [-0.2, -0.15) is 5.10 Å². The van der Waals surface area contributed by atoms with Gasteiger partial charge < -0.3 is 9.47 Å². The molecule has 3 aromatic rings. The standard InChI is InChI=1S/C22H25N5O/c1-15-12-23-21(18-5-3-2-4-6-18)27(15)14-16-9-10-26(13-16)22(28)20-11-19(24-25-20)17-7-8-17/h2-6,11-12,16-17H,7-10,13-14H2,1H3,(H,24,25). The van der Waals surface area contributed by atoms with E-state index in [2.05, 4.69) is 38.8 Å². The topological polar surface area (TPSA) is 66.8 Å². The Kier molecular flexibility index (Phi) is 4.26. The molecule has 2 fully saturated rings. The molecule has 1 atom stereocenters. The van der Waals surface area contributed by atoms with Crippen molar-refractivity contribution in [2.24, 2.45) is 5.92 Å². The van der Waals surface area contributed by atoms with Gasteiger partial charge in [-0.1, -0.05) is 30.3 Å². The minimum absolute atomic E-state index is 0.0521. The Balaban J connectivity index is 1.28. The summed E-state index contributed by atoms with van der Waals surface area (Å²) < 4.78 is 2.29. The lowest BCUT2D eigenvalue weighted by Gasteiger charge is -2.17. The van der Waals surface area contributed by atoms with Crippen LogP contribution in [0.25, 0.3) is 11.4 Å². The first-order valence-electron chi connectivity index (χ1n) is 10.1. The van der Waals surface area contributed by atoms with Crippen molar-refractivity contribution < 1.29 is 4.79 Å². The summed E-state index contributed by atoms with van der Waals surface area (Å²) in [7, 11) is 0. The third kappa shape index (κ3) is 3.23. The first-order chi connectivity index (χ1) is 13.7. The maximum atomic E-state index is 12.8. The van der Waals surface area contributed by atoms with Gasteiger partial charge in [0.15, 0.2) is 0 Å². The van der Waals surface area contributed by atoms with Crippen molar-refractivity contribution in [2.45, 2.75) is 38.6 Å². The number of aromatic amines is 1. The monoisotopic (exact) mass is 375 g/mol. The number of aromatic nitrogens is 4. The van der Waals surface area contributed by atoms with Gasteiger partial charge in [-0.05, 0) is 38.2 Å². The summed E-state index contributed by atoms with van der Waals surface area (Å²) >= 11 is 0. The number of nitrogens with one attached hydrogen (secondary N) is 1. The molecule has 144 valence electrons. The summed E-state index contributed by atoms with van der Waals surface area (Å²) in [6, 6.07) is 12.2. The largest absolute Gasteiger partial charge is 0.337 e. The van der Waals surface area contributed by atoms with E-state index in [1.54, 1.807) is 0 Å². The molecule has 1 unspecified atom stereocenters. The fraction of sp³-hybridized carbons (Fsp3) is 0.409. The van der Waals surface area contributed by atoms with E-state index in [1.807, 2.05) is 35.4 Å². The Morgan fingerprint density at radius 3 is 2.82 bits per heavy atom. The van der Waals surface area contributed by atoms with E-state index in [-0.39, 0.29) is 5.91 Å². The Labute approximate surface area is 164 Å². The number of benzene rings is 1. The second-order valence-electron chi connectivity index (χ2n) is 8.09. The molecule has 6 heteroatoms. The van der Waals surface area contributed by atoms with Crippen molar-refractivity contribution in [2.75, 3.05) is 13.1 Å². The third-order valence-electron chi connectivity index (χ3n) is 5.93. The molecular weight excluding hydrogens is 350 g/mol. The van der Waals surface area contributed by atoms with Crippen LogP contribution in [0, 0.1) is 12.8 Å². The smallest absolute Gasteiger partial charge is 0.274 e. The highest BCUT2D eigenvalue weighted by atomic mass is 16.2. The molecular formula is C22H25N5O. The van der Waals surface area contributed by atoms with Crippen LogP contribution in [-0.2, 0) is 6.54 Å². The average Bonchev–Trinajstić information content (AvgIpc) is 3.13. The van der Waals surface area contributed by atoms with Crippen LogP contribution in [0.3, 0.4) is 0 Å². The molecule has 2 aliphatic rings. The summed E-state index contributed by atoms with van der Waals surface area (Å²) in [4.78, 5) is 19.4. The number of imidazole rings is 1. The van der Waals surface area contributed by atoms with Crippen LogP contribution in [-0.4, -0.2) is 43.6 Å². The van der Waals surface area contributed by atoms with Crippen molar-refractivity contribution in [3.8, 4) is 11.4 Å². The van der Waals surface area contributed by atoms with Gasteiger partial charge in [0, 0.05) is 48.7 Å². The predicted molar refractivity (Wildman–Crippen MR) is 107 cm³/mol. The Morgan fingerprint density at radius 1 is 1.21 bits per heavy atom. The Morgan fingerprint density at radius 2 is 2.04 bits per heavy atom. The van der Waals surface area contributed by atoms with Gasteiger partial charge in [0.05, 0.1) is 0 Å². The van der Waals surface area contributed by atoms with Gasteiger partial charge in [0.1, 0.15) is 11.5 Å². The molecule has 0 radical (unpaired) electrons. The van der Waals surface area contributed by atoms with Crippen LogP contribution in [0.5, 0.6) is 0 Å². The summed E-state index contributed by atoms with van der Waals surface area (Å²) in [5, 5.41) is 7.30. The Bertz CT molecular complexity index is 986. The number of rotatable bonds is 5. The van der Waals surface area contributed by atoms with Crippen LogP contribution in [0.4, 0.5) is 0 Å². The van der Waals surface area contributed by atoms with E-state index in [9.17, 15) is 4.79 Å². The lowest BCUT2D eigenvalue weighted by atomic mass is 10.1. The molecule has 1 N–H and O–H groups in total. The molecule has 1 saturated heterocycles. The molecule has 0 spiro atoms. The summed E-state index contributed by atoms with van der Waals surface area (Å²) in [5.41, 5.74) is 3.96. The molecule has 1 aliphatic carbocycles. The predicted octanol–water partition coefficient (Wildman–Crippen LogP) is 3.62. The molecule has 3 heterocycles. The van der Waals surface area contributed by atoms with Gasteiger partial charge in [-0.3, -0.25) is 9.89 Å². The summed E-state index contributed by atoms with van der Waals surface area (Å²) in [6.45, 7) is 4.55. The van der Waals surface area contributed by atoms with Crippen molar-refractivity contribution in [1.29, 1.82) is 0 Å². The van der Waals surface area contributed by atoms with Crippen molar-refractivity contribution >= 4 is 5.91 Å². The molecule has 1 saturated carbocycles.